The highest BCUT2D eigenvalue weighted by Gasteiger charge is 2.16. The first-order valence-corrected chi connectivity index (χ1v) is 8.02. The van der Waals surface area contributed by atoms with Gasteiger partial charge >= 0.3 is 0 Å². The third-order valence-electron chi connectivity index (χ3n) is 3.49. The third kappa shape index (κ3) is 3.90. The zero-order chi connectivity index (χ0) is 15.4. The number of halogens is 1. The summed E-state index contributed by atoms with van der Waals surface area (Å²) in [6.45, 7) is 4.24. The van der Waals surface area contributed by atoms with Crippen molar-refractivity contribution in [3.63, 3.8) is 0 Å². The lowest BCUT2D eigenvalue weighted by Crippen LogP contribution is -2.22. The van der Waals surface area contributed by atoms with E-state index in [1.54, 1.807) is 25.6 Å². The molecule has 114 valence electrons. The van der Waals surface area contributed by atoms with Gasteiger partial charge in [0, 0.05) is 17.6 Å². The van der Waals surface area contributed by atoms with E-state index in [1.807, 2.05) is 24.3 Å². The molecule has 21 heavy (non-hydrogen) atoms. The van der Waals surface area contributed by atoms with E-state index in [1.165, 1.54) is 5.56 Å². The Morgan fingerprint density at radius 3 is 2.43 bits per heavy atom. The van der Waals surface area contributed by atoms with E-state index in [9.17, 15) is 0 Å². The molecule has 0 bridgehead atoms. The van der Waals surface area contributed by atoms with Crippen molar-refractivity contribution in [2.24, 2.45) is 0 Å². The summed E-state index contributed by atoms with van der Waals surface area (Å²) in [7, 11) is 3.35. The summed E-state index contributed by atoms with van der Waals surface area (Å²) in [4.78, 5) is 0. The summed E-state index contributed by atoms with van der Waals surface area (Å²) in [5.74, 6) is 1.68. The average molecular weight is 326 g/mol. The molecule has 1 aromatic carbocycles. The summed E-state index contributed by atoms with van der Waals surface area (Å²) in [5, 5.41) is 5.64. The zero-order valence-electron chi connectivity index (χ0n) is 12.6. The van der Waals surface area contributed by atoms with Gasteiger partial charge in [-0.3, -0.25) is 0 Å². The fourth-order valence-corrected chi connectivity index (χ4v) is 3.27. The minimum absolute atomic E-state index is 0.128. The van der Waals surface area contributed by atoms with Crippen molar-refractivity contribution < 1.29 is 9.47 Å². The fourth-order valence-electron chi connectivity index (χ4n) is 2.29. The van der Waals surface area contributed by atoms with Crippen molar-refractivity contribution in [2.45, 2.75) is 25.9 Å². The van der Waals surface area contributed by atoms with E-state index in [4.69, 9.17) is 21.1 Å². The van der Waals surface area contributed by atoms with Crippen molar-refractivity contribution in [1.82, 2.24) is 5.32 Å². The summed E-state index contributed by atoms with van der Waals surface area (Å²) >= 11 is 7.55. The highest BCUT2D eigenvalue weighted by molar-refractivity contribution is 7.14. The Balaban J connectivity index is 2.17. The van der Waals surface area contributed by atoms with Gasteiger partial charge in [0.1, 0.15) is 11.5 Å². The van der Waals surface area contributed by atoms with Gasteiger partial charge in [-0.2, -0.15) is 0 Å². The number of benzene rings is 1. The molecule has 1 heterocycles. The minimum atomic E-state index is 0.128. The molecule has 0 aliphatic rings. The molecule has 5 heteroatoms. The van der Waals surface area contributed by atoms with Gasteiger partial charge in [0.2, 0.25) is 0 Å². The molecular formula is C16H20ClNO2S. The number of hydrogen-bond donors (Lipinski definition) is 1. The van der Waals surface area contributed by atoms with Gasteiger partial charge in [-0.05, 0) is 49.1 Å². The standard InChI is InChI=1S/C16H20ClNO2S/c1-10(12-7-16(17)21-9-12)18-11(2)14-8-13(19-3)5-6-15(14)20-4/h5-11,18H,1-4H3. The number of nitrogens with one attached hydrogen (secondary N) is 1. The van der Waals surface area contributed by atoms with Crippen molar-refractivity contribution in [2.75, 3.05) is 14.2 Å². The molecular weight excluding hydrogens is 306 g/mol. The summed E-state index contributed by atoms with van der Waals surface area (Å²) < 4.78 is 11.6. The Labute approximate surface area is 134 Å². The molecule has 1 N–H and O–H groups in total. The van der Waals surface area contributed by atoms with Crippen LogP contribution in [0.1, 0.15) is 37.1 Å². The smallest absolute Gasteiger partial charge is 0.123 e. The predicted molar refractivity (Wildman–Crippen MR) is 88.8 cm³/mol. The Hall–Kier alpha value is -1.23. The van der Waals surface area contributed by atoms with E-state index in [0.717, 1.165) is 21.4 Å². The first kappa shape index (κ1) is 16.1. The minimum Gasteiger partial charge on any atom is -0.497 e. The molecule has 0 saturated heterocycles. The van der Waals surface area contributed by atoms with Gasteiger partial charge in [-0.15, -0.1) is 11.3 Å². The highest BCUT2D eigenvalue weighted by Crippen LogP contribution is 2.32. The van der Waals surface area contributed by atoms with Gasteiger partial charge in [0.05, 0.1) is 18.6 Å². The molecule has 0 saturated carbocycles. The lowest BCUT2D eigenvalue weighted by atomic mass is 10.0. The first-order chi connectivity index (χ1) is 10.0. The maximum atomic E-state index is 6.00. The Bertz CT molecular complexity index is 600. The van der Waals surface area contributed by atoms with Crippen LogP contribution in [0.25, 0.3) is 0 Å². The number of methoxy groups -OCH3 is 2. The summed E-state index contributed by atoms with van der Waals surface area (Å²) in [6.07, 6.45) is 0. The van der Waals surface area contributed by atoms with Crippen LogP contribution >= 0.6 is 22.9 Å². The quantitative estimate of drug-likeness (QED) is 0.825. The second-order valence-corrected chi connectivity index (χ2v) is 6.44. The molecule has 0 radical (unpaired) electrons. The van der Waals surface area contributed by atoms with Gasteiger partial charge < -0.3 is 14.8 Å². The van der Waals surface area contributed by atoms with Crippen LogP contribution in [-0.4, -0.2) is 14.2 Å². The van der Waals surface area contributed by atoms with Gasteiger partial charge in [-0.1, -0.05) is 11.6 Å². The number of thiophene rings is 1. The molecule has 3 nitrogen and oxygen atoms in total. The number of ether oxygens (including phenoxy) is 2. The van der Waals surface area contributed by atoms with E-state index in [-0.39, 0.29) is 12.1 Å². The van der Waals surface area contributed by atoms with Crippen molar-refractivity contribution in [1.29, 1.82) is 0 Å². The van der Waals surface area contributed by atoms with E-state index in [2.05, 4.69) is 24.5 Å². The maximum absolute atomic E-state index is 6.00. The van der Waals surface area contributed by atoms with Crippen LogP contribution < -0.4 is 14.8 Å². The fraction of sp³-hybridized carbons (Fsp3) is 0.375. The molecule has 0 spiro atoms. The molecule has 2 atom stereocenters. The molecule has 0 aliphatic carbocycles. The Kier molecular flexibility index (Phi) is 5.51. The normalized spacial score (nSPS) is 13.8. The first-order valence-electron chi connectivity index (χ1n) is 6.77. The molecule has 2 aromatic rings. The van der Waals surface area contributed by atoms with Crippen LogP contribution in [0.5, 0.6) is 11.5 Å². The number of rotatable bonds is 6. The van der Waals surface area contributed by atoms with Crippen LogP contribution in [0, 0.1) is 0 Å². The average Bonchev–Trinajstić information content (AvgIpc) is 2.93. The van der Waals surface area contributed by atoms with E-state index in [0.29, 0.717) is 0 Å². The molecule has 2 rings (SSSR count). The largest absolute Gasteiger partial charge is 0.497 e. The van der Waals surface area contributed by atoms with Gasteiger partial charge in [0.25, 0.3) is 0 Å². The summed E-state index contributed by atoms with van der Waals surface area (Å²) in [5.41, 5.74) is 2.27. The molecule has 2 unspecified atom stereocenters. The zero-order valence-corrected chi connectivity index (χ0v) is 14.2. The van der Waals surface area contributed by atoms with Crippen LogP contribution in [-0.2, 0) is 0 Å². The van der Waals surface area contributed by atoms with Crippen LogP contribution in [0.15, 0.2) is 29.6 Å². The Morgan fingerprint density at radius 1 is 1.10 bits per heavy atom. The van der Waals surface area contributed by atoms with Crippen LogP contribution in [0.4, 0.5) is 0 Å². The van der Waals surface area contributed by atoms with Gasteiger partial charge in [-0.25, -0.2) is 0 Å². The second-order valence-electron chi connectivity index (χ2n) is 4.90. The SMILES string of the molecule is COc1ccc(OC)c(C(C)NC(C)c2csc(Cl)c2)c1. The lowest BCUT2D eigenvalue weighted by Gasteiger charge is -2.22. The summed E-state index contributed by atoms with van der Waals surface area (Å²) in [6, 6.07) is 8.17. The topological polar surface area (TPSA) is 30.5 Å². The van der Waals surface area contributed by atoms with E-state index < -0.39 is 0 Å². The maximum Gasteiger partial charge on any atom is 0.123 e. The Morgan fingerprint density at radius 2 is 1.86 bits per heavy atom. The van der Waals surface area contributed by atoms with Crippen molar-refractivity contribution in [3.05, 3.63) is 45.1 Å². The number of hydrogen-bond acceptors (Lipinski definition) is 4. The third-order valence-corrected chi connectivity index (χ3v) is 4.60. The second kappa shape index (κ2) is 7.16. The molecule has 1 aromatic heterocycles. The monoisotopic (exact) mass is 325 g/mol. The van der Waals surface area contributed by atoms with Crippen LogP contribution in [0.2, 0.25) is 4.34 Å². The van der Waals surface area contributed by atoms with Crippen molar-refractivity contribution >= 4 is 22.9 Å². The molecule has 0 amide bonds. The predicted octanol–water partition coefficient (Wildman–Crippen LogP) is 4.83. The lowest BCUT2D eigenvalue weighted by molar-refractivity contribution is 0.387. The van der Waals surface area contributed by atoms with Gasteiger partial charge in [0.15, 0.2) is 0 Å². The molecule has 0 fully saturated rings. The highest BCUT2D eigenvalue weighted by atomic mass is 35.5. The molecule has 0 aliphatic heterocycles. The van der Waals surface area contributed by atoms with Crippen molar-refractivity contribution in [3.8, 4) is 11.5 Å². The van der Waals surface area contributed by atoms with E-state index >= 15 is 0 Å². The van der Waals surface area contributed by atoms with Crippen LogP contribution in [0.3, 0.4) is 0 Å².